The van der Waals surface area contributed by atoms with Gasteiger partial charge in [0.05, 0.1) is 11.1 Å². The van der Waals surface area contributed by atoms with Crippen LogP contribution in [0.25, 0.3) is 0 Å². The summed E-state index contributed by atoms with van der Waals surface area (Å²) in [6, 6.07) is 6.23. The summed E-state index contributed by atoms with van der Waals surface area (Å²) in [5.41, 5.74) is 0.130. The number of aromatic carboxylic acids is 1. The molecule has 0 aliphatic heterocycles. The van der Waals surface area contributed by atoms with E-state index in [2.05, 4.69) is 13.8 Å². The molecule has 0 amide bonds. The third-order valence-corrected chi connectivity index (χ3v) is 5.66. The molecule has 0 spiro atoms. The van der Waals surface area contributed by atoms with Gasteiger partial charge in [0.2, 0.25) is 0 Å². The molecule has 1 atom stereocenters. The van der Waals surface area contributed by atoms with Gasteiger partial charge in [-0.1, -0.05) is 97.1 Å². The Bertz CT molecular complexity index is 609. The van der Waals surface area contributed by atoms with Gasteiger partial charge in [0.1, 0.15) is 6.10 Å². The number of unbranched alkanes of at least 4 members (excludes halogenated alkanes) is 9. The van der Waals surface area contributed by atoms with Crippen LogP contribution in [-0.2, 0) is 4.74 Å². The number of hydrogen-bond acceptors (Lipinski definition) is 3. The zero-order chi connectivity index (χ0) is 22.2. The summed E-state index contributed by atoms with van der Waals surface area (Å²) in [5.74, 6) is -0.805. The van der Waals surface area contributed by atoms with E-state index in [0.717, 1.165) is 31.6 Å². The van der Waals surface area contributed by atoms with Crippen molar-refractivity contribution in [2.24, 2.45) is 5.92 Å². The number of carboxylic acids is 1. The van der Waals surface area contributed by atoms with Crippen molar-refractivity contribution in [3.05, 3.63) is 35.4 Å². The lowest BCUT2D eigenvalue weighted by molar-refractivity contribution is 0.0262. The van der Waals surface area contributed by atoms with E-state index in [-0.39, 0.29) is 17.2 Å². The Hall–Kier alpha value is -1.84. The molecular weight excluding hydrogens is 376 g/mol. The average molecular weight is 419 g/mol. The maximum Gasteiger partial charge on any atom is 0.339 e. The van der Waals surface area contributed by atoms with Gasteiger partial charge in [-0.05, 0) is 37.3 Å². The maximum atomic E-state index is 12.4. The van der Waals surface area contributed by atoms with Crippen molar-refractivity contribution in [2.45, 2.75) is 110 Å². The summed E-state index contributed by atoms with van der Waals surface area (Å²) in [6.07, 6.45) is 15.7. The summed E-state index contributed by atoms with van der Waals surface area (Å²) in [5, 5.41) is 9.23. The minimum absolute atomic E-state index is 0.00252. The van der Waals surface area contributed by atoms with Gasteiger partial charge < -0.3 is 9.84 Å². The van der Waals surface area contributed by atoms with E-state index >= 15 is 0 Å². The number of carbonyl (C=O) groups excluding carboxylic acids is 1. The molecule has 0 aliphatic carbocycles. The lowest BCUT2D eigenvalue weighted by atomic mass is 10.0. The predicted octanol–water partition coefficient (Wildman–Crippen LogP) is 7.66. The zero-order valence-corrected chi connectivity index (χ0v) is 19.3. The fourth-order valence-corrected chi connectivity index (χ4v) is 3.75. The van der Waals surface area contributed by atoms with Crippen LogP contribution >= 0.6 is 0 Å². The number of carboxylic acid groups (broad SMARTS) is 1. The highest BCUT2D eigenvalue weighted by molar-refractivity contribution is 6.02. The molecule has 0 radical (unpaired) electrons. The van der Waals surface area contributed by atoms with Gasteiger partial charge in [-0.25, -0.2) is 9.59 Å². The van der Waals surface area contributed by atoms with Crippen molar-refractivity contribution < 1.29 is 19.4 Å². The van der Waals surface area contributed by atoms with Gasteiger partial charge in [-0.2, -0.15) is 0 Å². The van der Waals surface area contributed by atoms with Crippen LogP contribution in [0, 0.1) is 5.92 Å². The molecule has 1 N–H and O–H groups in total. The van der Waals surface area contributed by atoms with Crippen LogP contribution in [0.4, 0.5) is 0 Å². The Morgan fingerprint density at radius 3 is 1.73 bits per heavy atom. The molecule has 0 fully saturated rings. The standard InChI is InChI=1S/C26H42O4/c1-4-22(30-26(29)24-20-16-15-19-23(24)25(27)28)18-14-12-10-8-6-5-7-9-11-13-17-21(2)3/h15-16,19-22H,4-14,17-18H2,1-3H3,(H,27,28). The van der Waals surface area contributed by atoms with Gasteiger partial charge in [0, 0.05) is 0 Å². The van der Waals surface area contributed by atoms with E-state index in [1.54, 1.807) is 12.1 Å². The van der Waals surface area contributed by atoms with Crippen LogP contribution in [-0.4, -0.2) is 23.1 Å². The second-order valence-electron chi connectivity index (χ2n) is 8.79. The number of benzene rings is 1. The van der Waals surface area contributed by atoms with Crippen LogP contribution in [0.1, 0.15) is 125 Å². The SMILES string of the molecule is CCC(CCCCCCCCCCCCC(C)C)OC(=O)c1ccccc1C(=O)O. The molecule has 0 aromatic heterocycles. The van der Waals surface area contributed by atoms with Crippen molar-refractivity contribution in [1.82, 2.24) is 0 Å². The van der Waals surface area contributed by atoms with E-state index in [1.165, 1.54) is 69.9 Å². The molecule has 0 saturated carbocycles. The average Bonchev–Trinajstić information content (AvgIpc) is 2.73. The Labute approximate surface area is 183 Å². The molecule has 1 unspecified atom stereocenters. The van der Waals surface area contributed by atoms with Gasteiger partial charge in [0.25, 0.3) is 0 Å². The third kappa shape index (κ3) is 11.4. The summed E-state index contributed by atoms with van der Waals surface area (Å²) in [7, 11) is 0. The Morgan fingerprint density at radius 2 is 1.27 bits per heavy atom. The second kappa shape index (κ2) is 15.9. The first kappa shape index (κ1) is 26.2. The quantitative estimate of drug-likeness (QED) is 0.208. The number of esters is 1. The fourth-order valence-electron chi connectivity index (χ4n) is 3.75. The number of rotatable bonds is 17. The van der Waals surface area contributed by atoms with Gasteiger partial charge in [-0.15, -0.1) is 0 Å². The minimum atomic E-state index is -1.11. The molecule has 1 aromatic rings. The molecule has 1 rings (SSSR count). The second-order valence-corrected chi connectivity index (χ2v) is 8.79. The Kier molecular flexibility index (Phi) is 13.9. The molecule has 0 saturated heterocycles. The third-order valence-electron chi connectivity index (χ3n) is 5.66. The first-order chi connectivity index (χ1) is 14.5. The van der Waals surface area contributed by atoms with Crippen molar-refractivity contribution in [2.75, 3.05) is 0 Å². The fraction of sp³-hybridized carbons (Fsp3) is 0.692. The number of ether oxygens (including phenoxy) is 1. The van der Waals surface area contributed by atoms with Crippen molar-refractivity contribution in [1.29, 1.82) is 0 Å². The van der Waals surface area contributed by atoms with Crippen LogP contribution in [0.3, 0.4) is 0 Å². The van der Waals surface area contributed by atoms with Crippen molar-refractivity contribution >= 4 is 11.9 Å². The first-order valence-corrected chi connectivity index (χ1v) is 12.0. The highest BCUT2D eigenvalue weighted by Crippen LogP contribution is 2.17. The summed E-state index contributed by atoms with van der Waals surface area (Å²) >= 11 is 0. The molecule has 30 heavy (non-hydrogen) atoms. The summed E-state index contributed by atoms with van der Waals surface area (Å²) < 4.78 is 5.58. The monoisotopic (exact) mass is 418 g/mol. The number of hydrogen-bond donors (Lipinski definition) is 1. The van der Waals surface area contributed by atoms with Crippen LogP contribution in [0.5, 0.6) is 0 Å². The summed E-state index contributed by atoms with van der Waals surface area (Å²) in [6.45, 7) is 6.60. The smallest absolute Gasteiger partial charge is 0.339 e. The molecule has 0 aliphatic rings. The maximum absolute atomic E-state index is 12.4. The van der Waals surface area contributed by atoms with Gasteiger partial charge >= 0.3 is 11.9 Å². The Morgan fingerprint density at radius 1 is 0.800 bits per heavy atom. The number of carbonyl (C=O) groups is 2. The molecule has 4 heteroatoms. The van der Waals surface area contributed by atoms with Crippen LogP contribution in [0.15, 0.2) is 24.3 Å². The molecule has 1 aromatic carbocycles. The van der Waals surface area contributed by atoms with Crippen molar-refractivity contribution in [3.8, 4) is 0 Å². The van der Waals surface area contributed by atoms with E-state index in [1.807, 2.05) is 6.92 Å². The summed E-state index contributed by atoms with van der Waals surface area (Å²) in [4.78, 5) is 23.7. The van der Waals surface area contributed by atoms with Crippen molar-refractivity contribution in [3.63, 3.8) is 0 Å². The largest absolute Gasteiger partial charge is 0.478 e. The lowest BCUT2D eigenvalue weighted by Gasteiger charge is -2.17. The van der Waals surface area contributed by atoms with E-state index in [0.29, 0.717) is 0 Å². The normalized spacial score (nSPS) is 12.1. The zero-order valence-electron chi connectivity index (χ0n) is 19.3. The van der Waals surface area contributed by atoms with Gasteiger partial charge in [0.15, 0.2) is 0 Å². The lowest BCUT2D eigenvalue weighted by Crippen LogP contribution is -2.19. The highest BCUT2D eigenvalue weighted by Gasteiger charge is 2.20. The highest BCUT2D eigenvalue weighted by atomic mass is 16.5. The van der Waals surface area contributed by atoms with Gasteiger partial charge in [-0.3, -0.25) is 0 Å². The first-order valence-electron chi connectivity index (χ1n) is 12.0. The molecule has 170 valence electrons. The molecule has 0 heterocycles. The van der Waals surface area contributed by atoms with E-state index in [9.17, 15) is 14.7 Å². The van der Waals surface area contributed by atoms with E-state index in [4.69, 9.17) is 4.74 Å². The molecular formula is C26H42O4. The molecule has 0 bridgehead atoms. The molecule has 4 nitrogen and oxygen atoms in total. The predicted molar refractivity (Wildman–Crippen MR) is 123 cm³/mol. The minimum Gasteiger partial charge on any atom is -0.478 e. The Balaban J connectivity index is 2.13. The van der Waals surface area contributed by atoms with Crippen LogP contribution < -0.4 is 0 Å². The van der Waals surface area contributed by atoms with Crippen LogP contribution in [0.2, 0.25) is 0 Å². The topological polar surface area (TPSA) is 63.6 Å². The van der Waals surface area contributed by atoms with E-state index < -0.39 is 11.9 Å².